The van der Waals surface area contributed by atoms with Crippen LogP contribution in [0.4, 0.5) is 0 Å². The lowest BCUT2D eigenvalue weighted by atomic mass is 9.90. The maximum Gasteiger partial charge on any atom is 0.243 e. The number of carbonyl (C=O) groups excluding carboxylic acids is 1. The first-order valence-electron chi connectivity index (χ1n) is 6.42. The average Bonchev–Trinajstić information content (AvgIpc) is 2.38. The molecule has 0 aromatic heterocycles. The van der Waals surface area contributed by atoms with Crippen molar-refractivity contribution in [3.05, 3.63) is 41.0 Å². The summed E-state index contributed by atoms with van der Waals surface area (Å²) in [5.41, 5.74) is 4.04. The smallest absolute Gasteiger partial charge is 0.243 e. The summed E-state index contributed by atoms with van der Waals surface area (Å²) in [5, 5.41) is 9.93. The summed E-state index contributed by atoms with van der Waals surface area (Å²) in [6.45, 7) is 1.57. The van der Waals surface area contributed by atoms with Crippen molar-refractivity contribution in [2.75, 3.05) is 6.54 Å². The molecule has 0 saturated carbocycles. The minimum absolute atomic E-state index is 0.229. The Bertz CT molecular complexity index is 466. The van der Waals surface area contributed by atoms with Gasteiger partial charge in [-0.15, -0.1) is 0 Å². The first-order valence-corrected chi connectivity index (χ1v) is 6.42. The van der Waals surface area contributed by atoms with Crippen LogP contribution in [0.1, 0.15) is 36.5 Å². The first kappa shape index (κ1) is 12.8. The molecular weight excluding hydrogens is 226 g/mol. The number of aryl methyl sites for hydroxylation is 2. The normalized spacial score (nSPS) is 14.6. The van der Waals surface area contributed by atoms with Gasteiger partial charge in [-0.25, -0.2) is 5.06 Å². The zero-order chi connectivity index (χ0) is 13.0. The van der Waals surface area contributed by atoms with Gasteiger partial charge < -0.3 is 0 Å². The molecule has 0 atom stereocenters. The number of benzene rings is 1. The second-order valence-electron chi connectivity index (χ2n) is 4.74. The summed E-state index contributed by atoms with van der Waals surface area (Å²) in [5.74, 6) is -0.343. The van der Waals surface area contributed by atoms with E-state index in [2.05, 4.69) is 18.2 Å². The van der Waals surface area contributed by atoms with Gasteiger partial charge in [0.05, 0.1) is 6.54 Å². The average molecular weight is 245 g/mol. The Morgan fingerprint density at radius 3 is 2.78 bits per heavy atom. The number of nitrogens with zero attached hydrogens (tertiary/aromatic N) is 1. The lowest BCUT2D eigenvalue weighted by Crippen LogP contribution is -2.24. The van der Waals surface area contributed by atoms with Gasteiger partial charge in [0.25, 0.3) is 0 Å². The van der Waals surface area contributed by atoms with Gasteiger partial charge in [-0.2, -0.15) is 0 Å². The fourth-order valence-corrected chi connectivity index (χ4v) is 2.27. The maximum atomic E-state index is 10.8. The maximum absolute atomic E-state index is 10.8. The molecule has 0 aliphatic heterocycles. The zero-order valence-electron chi connectivity index (χ0n) is 10.7. The fourth-order valence-electron chi connectivity index (χ4n) is 2.27. The Morgan fingerprint density at radius 2 is 2.06 bits per heavy atom. The molecule has 0 radical (unpaired) electrons. The van der Waals surface area contributed by atoms with E-state index in [9.17, 15) is 10.0 Å². The number of rotatable bonds is 3. The molecule has 1 aliphatic carbocycles. The third kappa shape index (κ3) is 3.20. The summed E-state index contributed by atoms with van der Waals surface area (Å²) in [6, 6.07) is 6.49. The predicted octanol–water partition coefficient (Wildman–Crippen LogP) is 2.82. The van der Waals surface area contributed by atoms with Crippen LogP contribution in [0.15, 0.2) is 24.3 Å². The van der Waals surface area contributed by atoms with Gasteiger partial charge in [-0.1, -0.05) is 30.4 Å². The van der Waals surface area contributed by atoms with Gasteiger partial charge in [-0.05, 0) is 42.4 Å². The van der Waals surface area contributed by atoms with Gasteiger partial charge in [0.2, 0.25) is 5.91 Å². The van der Waals surface area contributed by atoms with Crippen molar-refractivity contribution in [3.63, 3.8) is 0 Å². The molecule has 3 nitrogen and oxygen atoms in total. The molecule has 1 amide bonds. The quantitative estimate of drug-likeness (QED) is 0.657. The Morgan fingerprint density at radius 1 is 1.33 bits per heavy atom. The van der Waals surface area contributed by atoms with E-state index < -0.39 is 0 Å². The number of hydroxylamine groups is 2. The molecule has 1 N–H and O–H groups in total. The highest BCUT2D eigenvalue weighted by molar-refractivity contribution is 5.72. The van der Waals surface area contributed by atoms with Crippen LogP contribution >= 0.6 is 0 Å². The van der Waals surface area contributed by atoms with E-state index >= 15 is 0 Å². The van der Waals surface area contributed by atoms with E-state index in [1.54, 1.807) is 6.08 Å². The van der Waals surface area contributed by atoms with E-state index in [4.69, 9.17) is 0 Å². The van der Waals surface area contributed by atoms with Crippen LogP contribution in [0, 0.1) is 0 Å². The SMILES string of the molecule is CC(=O)N(O)CC=Cc1ccc2c(c1)CCCC2. The van der Waals surface area contributed by atoms with Gasteiger partial charge in [-0.3, -0.25) is 10.0 Å². The third-order valence-corrected chi connectivity index (χ3v) is 3.32. The minimum Gasteiger partial charge on any atom is -0.286 e. The van der Waals surface area contributed by atoms with E-state index in [1.807, 2.05) is 6.08 Å². The Balaban J connectivity index is 2.01. The molecule has 2 rings (SSSR count). The van der Waals surface area contributed by atoms with Crippen LogP contribution in [0.5, 0.6) is 0 Å². The highest BCUT2D eigenvalue weighted by atomic mass is 16.5. The van der Waals surface area contributed by atoms with E-state index in [0.29, 0.717) is 5.06 Å². The molecule has 1 aromatic carbocycles. The van der Waals surface area contributed by atoms with Crippen molar-refractivity contribution in [2.24, 2.45) is 0 Å². The summed E-state index contributed by atoms with van der Waals surface area (Å²) < 4.78 is 0. The highest BCUT2D eigenvalue weighted by Crippen LogP contribution is 2.22. The van der Waals surface area contributed by atoms with Crippen molar-refractivity contribution in [2.45, 2.75) is 32.6 Å². The zero-order valence-corrected chi connectivity index (χ0v) is 10.7. The van der Waals surface area contributed by atoms with Crippen molar-refractivity contribution in [1.82, 2.24) is 5.06 Å². The molecule has 3 heteroatoms. The molecule has 96 valence electrons. The molecule has 0 saturated heterocycles. The van der Waals surface area contributed by atoms with Crippen LogP contribution in [0.2, 0.25) is 0 Å². The van der Waals surface area contributed by atoms with Crippen LogP contribution in [-0.4, -0.2) is 22.7 Å². The predicted molar refractivity (Wildman–Crippen MR) is 71.3 cm³/mol. The topological polar surface area (TPSA) is 40.5 Å². The molecule has 0 unspecified atom stereocenters. The molecule has 0 bridgehead atoms. The lowest BCUT2D eigenvalue weighted by molar-refractivity contribution is -0.160. The summed E-state index contributed by atoms with van der Waals surface area (Å²) in [7, 11) is 0. The number of hydrogen-bond acceptors (Lipinski definition) is 2. The van der Waals surface area contributed by atoms with Crippen LogP contribution in [0.3, 0.4) is 0 Å². The van der Waals surface area contributed by atoms with Gasteiger partial charge in [0, 0.05) is 6.92 Å². The molecule has 0 fully saturated rings. The Hall–Kier alpha value is -1.61. The van der Waals surface area contributed by atoms with E-state index in [-0.39, 0.29) is 12.5 Å². The molecule has 0 spiro atoms. The van der Waals surface area contributed by atoms with Gasteiger partial charge >= 0.3 is 0 Å². The summed E-state index contributed by atoms with van der Waals surface area (Å²) >= 11 is 0. The Kier molecular flexibility index (Phi) is 4.15. The molecule has 1 aliphatic rings. The van der Waals surface area contributed by atoms with Crippen molar-refractivity contribution in [1.29, 1.82) is 0 Å². The van der Waals surface area contributed by atoms with E-state index in [1.165, 1.54) is 37.3 Å². The van der Waals surface area contributed by atoms with E-state index in [0.717, 1.165) is 12.0 Å². The number of hydrogen-bond donors (Lipinski definition) is 1. The molecule has 18 heavy (non-hydrogen) atoms. The molecule has 0 heterocycles. The lowest BCUT2D eigenvalue weighted by Gasteiger charge is -2.15. The van der Waals surface area contributed by atoms with Crippen molar-refractivity contribution >= 4 is 12.0 Å². The summed E-state index contributed by atoms with van der Waals surface area (Å²) in [6.07, 6.45) is 8.66. The minimum atomic E-state index is -0.343. The highest BCUT2D eigenvalue weighted by Gasteiger charge is 2.08. The van der Waals surface area contributed by atoms with Crippen LogP contribution in [-0.2, 0) is 17.6 Å². The number of carbonyl (C=O) groups is 1. The van der Waals surface area contributed by atoms with Crippen LogP contribution < -0.4 is 0 Å². The van der Waals surface area contributed by atoms with Crippen LogP contribution in [0.25, 0.3) is 6.08 Å². The number of amides is 1. The third-order valence-electron chi connectivity index (χ3n) is 3.32. The first-order chi connectivity index (χ1) is 8.66. The second kappa shape index (κ2) is 5.83. The summed E-state index contributed by atoms with van der Waals surface area (Å²) in [4.78, 5) is 10.8. The molecule has 1 aromatic rings. The van der Waals surface area contributed by atoms with Crippen molar-refractivity contribution < 1.29 is 10.0 Å². The fraction of sp³-hybridized carbons (Fsp3) is 0.400. The largest absolute Gasteiger partial charge is 0.286 e. The standard InChI is InChI=1S/C15H19NO2/c1-12(17)16(18)10-4-5-13-8-9-14-6-2-3-7-15(14)11-13/h4-5,8-9,11,18H,2-3,6-7,10H2,1H3. The number of fused-ring (bicyclic) bond motifs is 1. The van der Waals surface area contributed by atoms with Gasteiger partial charge in [0.1, 0.15) is 0 Å². The Labute approximate surface area is 108 Å². The van der Waals surface area contributed by atoms with Gasteiger partial charge in [0.15, 0.2) is 0 Å². The second-order valence-corrected chi connectivity index (χ2v) is 4.74. The van der Waals surface area contributed by atoms with Crippen molar-refractivity contribution in [3.8, 4) is 0 Å². The monoisotopic (exact) mass is 245 g/mol. The molecular formula is C15H19NO2.